The van der Waals surface area contributed by atoms with Gasteiger partial charge in [-0.2, -0.15) is 5.21 Å². The van der Waals surface area contributed by atoms with Crippen molar-refractivity contribution >= 4 is 15.8 Å². The average molecular weight is 269 g/mol. The van der Waals surface area contributed by atoms with Crippen LogP contribution < -0.4 is 10.5 Å². The van der Waals surface area contributed by atoms with Crippen LogP contribution >= 0.6 is 0 Å². The molecule has 9 nitrogen and oxygen atoms in total. The number of sulfonamides is 1. The van der Waals surface area contributed by atoms with Crippen molar-refractivity contribution < 1.29 is 8.42 Å². The third-order valence-electron chi connectivity index (χ3n) is 2.17. The lowest BCUT2D eigenvalue weighted by Crippen LogP contribution is -2.28. The van der Waals surface area contributed by atoms with E-state index < -0.39 is 16.1 Å². The number of anilines is 1. The molecule has 2 aromatic rings. The highest BCUT2D eigenvalue weighted by Crippen LogP contribution is 2.17. The molecule has 2 aromatic heterocycles. The largest absolute Gasteiger partial charge is 0.383 e. The van der Waals surface area contributed by atoms with Crippen LogP contribution in [0.4, 0.5) is 5.82 Å². The van der Waals surface area contributed by atoms with Gasteiger partial charge in [0.25, 0.3) is 0 Å². The van der Waals surface area contributed by atoms with Crippen molar-refractivity contribution in [2.75, 3.05) is 5.73 Å². The van der Waals surface area contributed by atoms with Gasteiger partial charge in [0, 0.05) is 6.20 Å². The number of nitrogen functional groups attached to an aromatic ring is 1. The van der Waals surface area contributed by atoms with E-state index >= 15 is 0 Å². The van der Waals surface area contributed by atoms with Crippen molar-refractivity contribution in [3.8, 4) is 0 Å². The van der Waals surface area contributed by atoms with Gasteiger partial charge in [0.1, 0.15) is 10.7 Å². The van der Waals surface area contributed by atoms with Crippen LogP contribution in [0.3, 0.4) is 0 Å². The van der Waals surface area contributed by atoms with Gasteiger partial charge in [-0.05, 0) is 19.1 Å². The van der Waals surface area contributed by atoms with E-state index in [1.807, 2.05) is 0 Å². The third kappa shape index (κ3) is 2.43. The van der Waals surface area contributed by atoms with Gasteiger partial charge in [-0.3, -0.25) is 0 Å². The van der Waals surface area contributed by atoms with E-state index in [2.05, 4.69) is 30.3 Å². The lowest BCUT2D eigenvalue weighted by molar-refractivity contribution is 0.560. The summed E-state index contributed by atoms with van der Waals surface area (Å²) in [7, 11) is -3.78. The second-order valence-corrected chi connectivity index (χ2v) is 5.18. The summed E-state index contributed by atoms with van der Waals surface area (Å²) in [5.41, 5.74) is 5.52. The van der Waals surface area contributed by atoms with Crippen molar-refractivity contribution in [2.24, 2.45) is 0 Å². The van der Waals surface area contributed by atoms with Crippen molar-refractivity contribution in [1.82, 2.24) is 30.3 Å². The highest BCUT2D eigenvalue weighted by atomic mass is 32.2. The Morgan fingerprint density at radius 2 is 2.28 bits per heavy atom. The summed E-state index contributed by atoms with van der Waals surface area (Å²) in [5, 5.41) is 13.0. The topological polar surface area (TPSA) is 140 Å². The molecule has 18 heavy (non-hydrogen) atoms. The summed E-state index contributed by atoms with van der Waals surface area (Å²) in [6.45, 7) is 1.59. The monoisotopic (exact) mass is 269 g/mol. The van der Waals surface area contributed by atoms with Gasteiger partial charge >= 0.3 is 0 Å². The van der Waals surface area contributed by atoms with Gasteiger partial charge in [0.2, 0.25) is 10.0 Å². The molecule has 0 aliphatic rings. The Labute approximate surface area is 103 Å². The van der Waals surface area contributed by atoms with Crippen LogP contribution in [-0.2, 0) is 10.0 Å². The summed E-state index contributed by atoms with van der Waals surface area (Å²) in [5.74, 6) is 0.173. The first-order valence-corrected chi connectivity index (χ1v) is 6.45. The minimum Gasteiger partial charge on any atom is -0.383 e. The number of tetrazole rings is 1. The lowest BCUT2D eigenvalue weighted by atomic mass is 10.4. The number of hydrogen-bond acceptors (Lipinski definition) is 7. The predicted octanol–water partition coefficient (Wildman–Crippen LogP) is -0.784. The summed E-state index contributed by atoms with van der Waals surface area (Å²) in [6, 6.07) is 2.23. The first kappa shape index (κ1) is 12.4. The highest BCUT2D eigenvalue weighted by Gasteiger charge is 2.22. The van der Waals surface area contributed by atoms with Gasteiger partial charge in [0.05, 0.1) is 6.04 Å². The Kier molecular flexibility index (Phi) is 3.21. The molecule has 0 fully saturated rings. The fourth-order valence-corrected chi connectivity index (χ4v) is 2.62. The van der Waals surface area contributed by atoms with E-state index in [-0.39, 0.29) is 16.5 Å². The second kappa shape index (κ2) is 4.66. The van der Waals surface area contributed by atoms with Crippen molar-refractivity contribution in [2.45, 2.75) is 17.9 Å². The predicted molar refractivity (Wildman–Crippen MR) is 61.6 cm³/mol. The summed E-state index contributed by atoms with van der Waals surface area (Å²) in [6.07, 6.45) is 1.41. The third-order valence-corrected chi connectivity index (χ3v) is 3.76. The molecule has 4 N–H and O–H groups in total. The smallest absolute Gasteiger partial charge is 0.244 e. The molecule has 0 amide bonds. The quantitative estimate of drug-likeness (QED) is 0.661. The van der Waals surface area contributed by atoms with E-state index in [1.54, 1.807) is 6.92 Å². The van der Waals surface area contributed by atoms with Crippen molar-refractivity contribution in [3.63, 3.8) is 0 Å². The fraction of sp³-hybridized carbons (Fsp3) is 0.250. The highest BCUT2D eigenvalue weighted by molar-refractivity contribution is 7.89. The van der Waals surface area contributed by atoms with Crippen molar-refractivity contribution in [1.29, 1.82) is 0 Å². The van der Waals surface area contributed by atoms with Crippen LogP contribution in [0.15, 0.2) is 23.2 Å². The zero-order chi connectivity index (χ0) is 13.2. The van der Waals surface area contributed by atoms with E-state index in [1.165, 1.54) is 18.3 Å². The molecule has 96 valence electrons. The molecular weight excluding hydrogens is 258 g/mol. The SMILES string of the molecule is CC(NS(=O)(=O)c1cccnc1N)c1nn[nH]n1. The molecule has 0 spiro atoms. The summed E-state index contributed by atoms with van der Waals surface area (Å²) >= 11 is 0. The Hall–Kier alpha value is -2.07. The average Bonchev–Trinajstić information content (AvgIpc) is 2.82. The van der Waals surface area contributed by atoms with Crippen molar-refractivity contribution in [3.05, 3.63) is 24.2 Å². The molecule has 0 bridgehead atoms. The molecule has 0 aliphatic carbocycles. The van der Waals surface area contributed by atoms with Gasteiger partial charge in [-0.15, -0.1) is 10.2 Å². The Balaban J connectivity index is 2.26. The van der Waals surface area contributed by atoms with Crippen LogP contribution in [0.2, 0.25) is 0 Å². The Bertz CT molecular complexity index is 625. The second-order valence-electron chi connectivity index (χ2n) is 3.50. The number of nitrogens with zero attached hydrogens (tertiary/aromatic N) is 4. The molecule has 0 aliphatic heterocycles. The molecule has 2 rings (SSSR count). The van der Waals surface area contributed by atoms with Gasteiger partial charge in [-0.1, -0.05) is 5.21 Å². The van der Waals surface area contributed by atoms with Gasteiger partial charge < -0.3 is 5.73 Å². The van der Waals surface area contributed by atoms with E-state index in [4.69, 9.17) is 5.73 Å². The van der Waals surface area contributed by atoms with E-state index in [0.717, 1.165) is 0 Å². The first-order valence-electron chi connectivity index (χ1n) is 4.97. The zero-order valence-corrected chi connectivity index (χ0v) is 10.2. The molecule has 0 aromatic carbocycles. The zero-order valence-electron chi connectivity index (χ0n) is 9.40. The lowest BCUT2D eigenvalue weighted by Gasteiger charge is -2.11. The van der Waals surface area contributed by atoms with Crippen LogP contribution in [0.5, 0.6) is 0 Å². The maximum Gasteiger partial charge on any atom is 0.244 e. The number of hydrogen-bond donors (Lipinski definition) is 3. The van der Waals surface area contributed by atoms with Gasteiger partial charge in [0.15, 0.2) is 5.82 Å². The molecule has 1 unspecified atom stereocenters. The number of rotatable bonds is 4. The molecule has 0 saturated heterocycles. The number of pyridine rings is 1. The molecule has 1 atom stereocenters. The first-order chi connectivity index (χ1) is 8.50. The fourth-order valence-electron chi connectivity index (χ4n) is 1.33. The molecule has 10 heteroatoms. The van der Waals surface area contributed by atoms with E-state index in [9.17, 15) is 8.42 Å². The standard InChI is InChI=1S/C8H11N7O2S/c1-5(8-11-14-15-12-8)13-18(16,17)6-3-2-4-10-7(6)9/h2-5,13H,1H3,(H2,9,10)(H,11,12,14,15). The van der Waals surface area contributed by atoms with Crippen LogP contribution in [0, 0.1) is 0 Å². The minimum atomic E-state index is -3.78. The number of aromatic amines is 1. The summed E-state index contributed by atoms with van der Waals surface area (Å²) in [4.78, 5) is 3.64. The van der Waals surface area contributed by atoms with E-state index in [0.29, 0.717) is 0 Å². The molecule has 0 radical (unpaired) electrons. The number of nitrogens with two attached hydrogens (primary N) is 1. The molecule has 2 heterocycles. The minimum absolute atomic E-state index is 0.0645. The van der Waals surface area contributed by atoms with Gasteiger partial charge in [-0.25, -0.2) is 18.1 Å². The molecule has 0 saturated carbocycles. The maximum atomic E-state index is 12.0. The number of H-pyrrole nitrogens is 1. The van der Waals surface area contributed by atoms with Crippen LogP contribution in [0.25, 0.3) is 0 Å². The Morgan fingerprint density at radius 1 is 1.50 bits per heavy atom. The summed E-state index contributed by atoms with van der Waals surface area (Å²) < 4.78 is 26.5. The normalized spacial score (nSPS) is 13.4. The van der Waals surface area contributed by atoms with Crippen LogP contribution in [-0.4, -0.2) is 34.0 Å². The van der Waals surface area contributed by atoms with Crippen LogP contribution in [0.1, 0.15) is 18.8 Å². The Morgan fingerprint density at radius 3 is 2.89 bits per heavy atom. The number of aromatic nitrogens is 5. The molecular formula is C8H11N7O2S. The maximum absolute atomic E-state index is 12.0. The number of nitrogens with one attached hydrogen (secondary N) is 2.